The minimum absolute atomic E-state index is 0.191. The number of alkyl halides is 5. The zero-order valence-electron chi connectivity index (χ0n) is 15.3. The van der Waals surface area contributed by atoms with Crippen LogP contribution in [0.4, 0.5) is 26.3 Å². The van der Waals surface area contributed by atoms with Crippen molar-refractivity contribution in [2.75, 3.05) is 6.61 Å². The molecule has 2 aromatic carbocycles. The maximum atomic E-state index is 14.3. The van der Waals surface area contributed by atoms with Crippen LogP contribution in [0.15, 0.2) is 48.5 Å². The van der Waals surface area contributed by atoms with E-state index >= 15 is 0 Å². The molecule has 0 fully saturated rings. The molecule has 0 saturated carbocycles. The van der Waals surface area contributed by atoms with Crippen molar-refractivity contribution in [1.82, 2.24) is 0 Å². The molecular formula is C20H16F6O4. The zero-order valence-corrected chi connectivity index (χ0v) is 15.3. The number of carbonyl (C=O) groups is 1. The normalized spacial score (nSPS) is 12.2. The van der Waals surface area contributed by atoms with Crippen molar-refractivity contribution in [1.29, 1.82) is 0 Å². The van der Waals surface area contributed by atoms with E-state index in [1.807, 2.05) is 0 Å². The Balaban J connectivity index is 2.02. The van der Waals surface area contributed by atoms with Crippen molar-refractivity contribution < 1.29 is 45.7 Å². The van der Waals surface area contributed by atoms with Gasteiger partial charge in [0.2, 0.25) is 0 Å². The van der Waals surface area contributed by atoms with Gasteiger partial charge in [0, 0.05) is 18.6 Å². The van der Waals surface area contributed by atoms with Crippen molar-refractivity contribution in [3.63, 3.8) is 0 Å². The van der Waals surface area contributed by atoms with E-state index in [0.29, 0.717) is 11.6 Å². The van der Waals surface area contributed by atoms with Crippen molar-refractivity contribution >= 4 is 12.0 Å². The molecule has 10 heteroatoms. The molecule has 2 rings (SSSR count). The van der Waals surface area contributed by atoms with Gasteiger partial charge in [-0.3, -0.25) is 0 Å². The number of carboxylic acids is 1. The molecule has 0 amide bonds. The standard InChI is InChI=1S/C20H16F6O4/c21-17-12-15(29-11-1-10-19(22,23)24)7-8-16(17)20(25,26)30-14-5-2-13(3-6-14)4-9-18(27)28/h2-9,12H,1,10-11H2,(H,27,28)/b9-4+. The maximum Gasteiger partial charge on any atom is 0.429 e. The number of ether oxygens (including phenoxy) is 2. The predicted molar refractivity (Wildman–Crippen MR) is 94.8 cm³/mol. The summed E-state index contributed by atoms with van der Waals surface area (Å²) < 4.78 is 88.4. The van der Waals surface area contributed by atoms with Gasteiger partial charge in [-0.2, -0.15) is 22.0 Å². The summed E-state index contributed by atoms with van der Waals surface area (Å²) in [6, 6.07) is 7.34. The van der Waals surface area contributed by atoms with Gasteiger partial charge in [0.25, 0.3) is 0 Å². The van der Waals surface area contributed by atoms with Crippen molar-refractivity contribution in [3.05, 3.63) is 65.5 Å². The van der Waals surface area contributed by atoms with Gasteiger partial charge in [0.05, 0.1) is 6.61 Å². The molecule has 0 unspecified atom stereocenters. The average molecular weight is 434 g/mol. The summed E-state index contributed by atoms with van der Waals surface area (Å²) in [6.45, 7) is -0.353. The highest BCUT2D eigenvalue weighted by Crippen LogP contribution is 2.34. The first-order chi connectivity index (χ1) is 14.0. The fourth-order valence-electron chi connectivity index (χ4n) is 2.30. The van der Waals surface area contributed by atoms with Gasteiger partial charge < -0.3 is 14.6 Å². The zero-order chi connectivity index (χ0) is 22.4. The molecule has 0 aromatic heterocycles. The van der Waals surface area contributed by atoms with Gasteiger partial charge in [-0.05, 0) is 42.3 Å². The third kappa shape index (κ3) is 7.34. The van der Waals surface area contributed by atoms with Crippen LogP contribution in [0.1, 0.15) is 24.0 Å². The van der Waals surface area contributed by atoms with E-state index in [9.17, 15) is 31.1 Å². The topological polar surface area (TPSA) is 55.8 Å². The first-order valence-corrected chi connectivity index (χ1v) is 8.54. The molecule has 0 aliphatic rings. The van der Waals surface area contributed by atoms with Gasteiger partial charge in [-0.25, -0.2) is 9.18 Å². The second-order valence-corrected chi connectivity index (χ2v) is 6.07. The Morgan fingerprint density at radius 3 is 2.20 bits per heavy atom. The minimum Gasteiger partial charge on any atom is -0.493 e. The molecule has 0 radical (unpaired) electrons. The molecule has 0 aliphatic carbocycles. The second-order valence-electron chi connectivity index (χ2n) is 6.07. The van der Waals surface area contributed by atoms with E-state index in [1.54, 1.807) is 0 Å². The van der Waals surface area contributed by atoms with Crippen LogP contribution < -0.4 is 9.47 Å². The molecule has 0 bridgehead atoms. The first kappa shape index (κ1) is 23.1. The minimum atomic E-state index is -4.34. The lowest BCUT2D eigenvalue weighted by Crippen LogP contribution is -2.23. The largest absolute Gasteiger partial charge is 0.493 e. The van der Waals surface area contributed by atoms with Gasteiger partial charge in [-0.15, -0.1) is 0 Å². The van der Waals surface area contributed by atoms with E-state index < -0.39 is 36.1 Å². The van der Waals surface area contributed by atoms with E-state index in [-0.39, 0.29) is 24.5 Å². The molecule has 2 aromatic rings. The Morgan fingerprint density at radius 1 is 1.00 bits per heavy atom. The first-order valence-electron chi connectivity index (χ1n) is 8.54. The van der Waals surface area contributed by atoms with Crippen LogP contribution in [0.2, 0.25) is 0 Å². The molecule has 0 aliphatic heterocycles. The Kier molecular flexibility index (Phi) is 7.36. The molecule has 30 heavy (non-hydrogen) atoms. The van der Waals surface area contributed by atoms with E-state index in [0.717, 1.165) is 30.3 Å². The lowest BCUT2D eigenvalue weighted by atomic mass is 10.1. The van der Waals surface area contributed by atoms with Gasteiger partial charge >= 0.3 is 18.3 Å². The third-order valence-electron chi connectivity index (χ3n) is 3.67. The Labute approximate surface area is 167 Å². The van der Waals surface area contributed by atoms with E-state index in [1.165, 1.54) is 18.2 Å². The highest BCUT2D eigenvalue weighted by Gasteiger charge is 2.37. The van der Waals surface area contributed by atoms with Crippen LogP contribution in [0.3, 0.4) is 0 Å². The highest BCUT2D eigenvalue weighted by atomic mass is 19.4. The Morgan fingerprint density at radius 2 is 1.63 bits per heavy atom. The van der Waals surface area contributed by atoms with Crippen molar-refractivity contribution in [3.8, 4) is 11.5 Å². The fraction of sp³-hybridized carbons (Fsp3) is 0.250. The van der Waals surface area contributed by atoms with Gasteiger partial charge in [0.1, 0.15) is 22.9 Å². The summed E-state index contributed by atoms with van der Waals surface area (Å²) in [6.07, 6.45) is -7.71. The van der Waals surface area contributed by atoms with Crippen LogP contribution in [0, 0.1) is 5.82 Å². The number of benzene rings is 2. The smallest absolute Gasteiger partial charge is 0.429 e. The molecule has 0 saturated heterocycles. The van der Waals surface area contributed by atoms with Crippen molar-refractivity contribution in [2.24, 2.45) is 0 Å². The summed E-state index contributed by atoms with van der Waals surface area (Å²) in [4.78, 5) is 10.5. The molecule has 162 valence electrons. The van der Waals surface area contributed by atoms with E-state index in [2.05, 4.69) is 4.74 Å². The summed E-state index contributed by atoms with van der Waals surface area (Å²) >= 11 is 0. The van der Waals surface area contributed by atoms with Crippen LogP contribution >= 0.6 is 0 Å². The molecule has 1 N–H and O–H groups in total. The SMILES string of the molecule is O=C(O)/C=C/c1ccc(OC(F)(F)c2ccc(OCCCC(F)(F)F)cc2F)cc1. The van der Waals surface area contributed by atoms with Crippen LogP contribution in [-0.4, -0.2) is 23.9 Å². The predicted octanol–water partition coefficient (Wildman–Crippen LogP) is 5.77. The highest BCUT2D eigenvalue weighted by molar-refractivity contribution is 5.85. The third-order valence-corrected chi connectivity index (χ3v) is 3.67. The summed E-state index contributed by atoms with van der Waals surface area (Å²) in [7, 11) is 0. The molecule has 0 heterocycles. The fourth-order valence-corrected chi connectivity index (χ4v) is 2.30. The molecule has 4 nitrogen and oxygen atoms in total. The number of hydrogen-bond donors (Lipinski definition) is 1. The van der Waals surface area contributed by atoms with Crippen molar-refractivity contribution in [2.45, 2.75) is 25.1 Å². The lowest BCUT2D eigenvalue weighted by molar-refractivity contribution is -0.187. The lowest BCUT2D eigenvalue weighted by Gasteiger charge is -2.19. The van der Waals surface area contributed by atoms with Crippen LogP contribution in [0.5, 0.6) is 11.5 Å². The number of carboxylic acid groups (broad SMARTS) is 1. The van der Waals surface area contributed by atoms with Gasteiger partial charge in [0.15, 0.2) is 0 Å². The summed E-state index contributed by atoms with van der Waals surface area (Å²) in [5.41, 5.74) is -0.661. The molecular weight excluding hydrogens is 418 g/mol. The quantitative estimate of drug-likeness (QED) is 0.309. The van der Waals surface area contributed by atoms with Crippen LogP contribution in [0.25, 0.3) is 6.08 Å². The number of aliphatic carboxylic acids is 1. The number of rotatable bonds is 9. The Bertz CT molecular complexity index is 891. The maximum absolute atomic E-state index is 14.3. The summed E-state index contributed by atoms with van der Waals surface area (Å²) in [5, 5.41) is 8.55. The van der Waals surface area contributed by atoms with Gasteiger partial charge in [-0.1, -0.05) is 12.1 Å². The van der Waals surface area contributed by atoms with E-state index in [4.69, 9.17) is 9.84 Å². The number of hydrogen-bond acceptors (Lipinski definition) is 3. The summed E-state index contributed by atoms with van der Waals surface area (Å²) in [5.74, 6) is -3.01. The molecule has 0 atom stereocenters. The average Bonchev–Trinajstić information content (AvgIpc) is 2.63. The monoisotopic (exact) mass is 434 g/mol. The second kappa shape index (κ2) is 9.55. The van der Waals surface area contributed by atoms with Crippen LogP contribution in [-0.2, 0) is 10.9 Å². The Hall–Kier alpha value is -3.17. The molecule has 0 spiro atoms. The number of halogens is 6.